The van der Waals surface area contributed by atoms with E-state index in [4.69, 9.17) is 21.1 Å². The van der Waals surface area contributed by atoms with Crippen LogP contribution in [0, 0.1) is 6.92 Å². The number of rotatable bonds is 1. The molecule has 0 unspecified atom stereocenters. The molecule has 0 saturated heterocycles. The van der Waals surface area contributed by atoms with Gasteiger partial charge in [-0.15, -0.1) is 0 Å². The molecule has 1 N–H and O–H groups in total. The van der Waals surface area contributed by atoms with Gasteiger partial charge >= 0.3 is 0 Å². The summed E-state index contributed by atoms with van der Waals surface area (Å²) in [5, 5.41) is 10.1. The zero-order valence-electron chi connectivity index (χ0n) is 7.04. The summed E-state index contributed by atoms with van der Waals surface area (Å²) < 4.78 is 5.32. The summed E-state index contributed by atoms with van der Waals surface area (Å²) in [6.07, 6.45) is 0. The molecule has 2 heterocycles. The Morgan fingerprint density at radius 3 is 3.00 bits per heavy atom. The smallest absolute Gasteiger partial charge is 0.172 e. The van der Waals surface area contributed by atoms with E-state index in [2.05, 4.69) is 4.98 Å². The van der Waals surface area contributed by atoms with Crippen molar-refractivity contribution in [1.29, 1.82) is 0 Å². The Kier molecular flexibility index (Phi) is 1.98. The average molecular weight is 198 g/mol. The van der Waals surface area contributed by atoms with E-state index in [9.17, 15) is 0 Å². The summed E-state index contributed by atoms with van der Waals surface area (Å²) in [5.41, 5.74) is 1.13. The van der Waals surface area contributed by atoms with Crippen LogP contribution in [-0.4, -0.2) is 10.1 Å². The molecule has 0 aliphatic carbocycles. The Morgan fingerprint density at radius 1 is 1.54 bits per heavy atom. The number of nitrogens with zero attached hydrogens (tertiary/aromatic N) is 1. The fourth-order valence-corrected chi connectivity index (χ4v) is 1.53. The van der Waals surface area contributed by atoms with E-state index in [0.29, 0.717) is 16.4 Å². The van der Waals surface area contributed by atoms with E-state index in [1.807, 2.05) is 13.0 Å². The molecular formula is C9H8ClNO2. The van der Waals surface area contributed by atoms with Gasteiger partial charge in [0.15, 0.2) is 10.7 Å². The van der Waals surface area contributed by atoms with Gasteiger partial charge in [0.1, 0.15) is 5.76 Å². The maximum Gasteiger partial charge on any atom is 0.172 e. The Balaban J connectivity index is 2.75. The lowest BCUT2D eigenvalue weighted by molar-refractivity contribution is 0.277. The van der Waals surface area contributed by atoms with Gasteiger partial charge in [-0.05, 0) is 19.1 Å². The Morgan fingerprint density at radius 2 is 2.31 bits per heavy atom. The monoisotopic (exact) mass is 197 g/mol. The molecule has 0 spiro atoms. The summed E-state index contributed by atoms with van der Waals surface area (Å²) in [6, 6.07) is 3.62. The van der Waals surface area contributed by atoms with E-state index in [-0.39, 0.29) is 6.61 Å². The first-order valence-corrected chi connectivity index (χ1v) is 4.25. The molecule has 0 aromatic carbocycles. The van der Waals surface area contributed by atoms with E-state index in [1.54, 1.807) is 6.07 Å². The van der Waals surface area contributed by atoms with Gasteiger partial charge in [0.05, 0.1) is 12.3 Å². The number of aromatic nitrogens is 1. The van der Waals surface area contributed by atoms with Crippen molar-refractivity contribution in [3.05, 3.63) is 28.7 Å². The molecule has 0 fully saturated rings. The van der Waals surface area contributed by atoms with Gasteiger partial charge in [-0.2, -0.15) is 0 Å². The molecule has 2 aromatic heterocycles. The van der Waals surface area contributed by atoms with Gasteiger partial charge in [0, 0.05) is 5.39 Å². The minimum absolute atomic E-state index is 0.111. The third-order valence-electron chi connectivity index (χ3n) is 1.80. The fourth-order valence-electron chi connectivity index (χ4n) is 1.27. The van der Waals surface area contributed by atoms with Gasteiger partial charge in [0.25, 0.3) is 0 Å². The summed E-state index contributed by atoms with van der Waals surface area (Å²) >= 11 is 5.84. The van der Waals surface area contributed by atoms with Gasteiger partial charge < -0.3 is 9.52 Å². The zero-order valence-corrected chi connectivity index (χ0v) is 7.80. The van der Waals surface area contributed by atoms with Crippen LogP contribution in [0.5, 0.6) is 0 Å². The third-order valence-corrected chi connectivity index (χ3v) is 2.05. The first-order chi connectivity index (χ1) is 6.20. The maximum absolute atomic E-state index is 8.88. The first kappa shape index (κ1) is 8.53. The number of aliphatic hydroxyl groups is 1. The number of aliphatic hydroxyl groups excluding tert-OH is 1. The highest BCUT2D eigenvalue weighted by Crippen LogP contribution is 2.25. The number of pyridine rings is 1. The van der Waals surface area contributed by atoms with Crippen molar-refractivity contribution < 1.29 is 9.52 Å². The van der Waals surface area contributed by atoms with Crippen LogP contribution in [0.1, 0.15) is 11.5 Å². The average Bonchev–Trinajstić information content (AvgIpc) is 2.46. The van der Waals surface area contributed by atoms with Crippen molar-refractivity contribution in [2.75, 3.05) is 0 Å². The number of halogens is 1. The van der Waals surface area contributed by atoms with Gasteiger partial charge in [-0.3, -0.25) is 0 Å². The second-order valence-electron chi connectivity index (χ2n) is 2.84. The van der Waals surface area contributed by atoms with Crippen LogP contribution in [0.4, 0.5) is 0 Å². The predicted molar refractivity (Wildman–Crippen MR) is 49.7 cm³/mol. The predicted octanol–water partition coefficient (Wildman–Crippen LogP) is 2.28. The lowest BCUT2D eigenvalue weighted by atomic mass is 10.2. The summed E-state index contributed by atoms with van der Waals surface area (Å²) in [4.78, 5) is 3.95. The standard InChI is InChI=1S/C9H8ClNO2/c1-5-2-6-3-7(4-12)11-9(10)8(6)13-5/h2-3,12H,4H2,1H3. The van der Waals surface area contributed by atoms with Gasteiger partial charge in [-0.25, -0.2) is 4.98 Å². The molecule has 0 aliphatic rings. The van der Waals surface area contributed by atoms with E-state index in [1.165, 1.54) is 0 Å². The Labute approximate surface area is 80.0 Å². The van der Waals surface area contributed by atoms with Crippen LogP contribution >= 0.6 is 11.6 Å². The van der Waals surface area contributed by atoms with Crippen LogP contribution in [0.15, 0.2) is 16.5 Å². The molecule has 2 aromatic rings. The van der Waals surface area contributed by atoms with Crippen LogP contribution in [0.3, 0.4) is 0 Å². The Bertz CT molecular complexity index is 450. The molecule has 13 heavy (non-hydrogen) atoms. The van der Waals surface area contributed by atoms with Crippen LogP contribution < -0.4 is 0 Å². The van der Waals surface area contributed by atoms with Crippen molar-refractivity contribution >= 4 is 22.6 Å². The minimum Gasteiger partial charge on any atom is -0.458 e. The molecule has 68 valence electrons. The van der Waals surface area contributed by atoms with Crippen molar-refractivity contribution in [3.63, 3.8) is 0 Å². The number of aryl methyl sites for hydroxylation is 1. The molecule has 0 bridgehead atoms. The largest absolute Gasteiger partial charge is 0.458 e. The molecular weight excluding hydrogens is 190 g/mol. The maximum atomic E-state index is 8.88. The van der Waals surface area contributed by atoms with Crippen LogP contribution in [-0.2, 0) is 6.61 Å². The molecule has 4 heteroatoms. The number of hydrogen-bond acceptors (Lipinski definition) is 3. The zero-order chi connectivity index (χ0) is 9.42. The molecule has 0 saturated carbocycles. The molecule has 0 amide bonds. The van der Waals surface area contributed by atoms with E-state index in [0.717, 1.165) is 11.1 Å². The van der Waals surface area contributed by atoms with Gasteiger partial charge in [-0.1, -0.05) is 11.6 Å². The van der Waals surface area contributed by atoms with Crippen LogP contribution in [0.2, 0.25) is 5.15 Å². The van der Waals surface area contributed by atoms with Crippen molar-refractivity contribution in [3.8, 4) is 0 Å². The van der Waals surface area contributed by atoms with Crippen molar-refractivity contribution in [2.24, 2.45) is 0 Å². The molecule has 0 aliphatic heterocycles. The number of fused-ring (bicyclic) bond motifs is 1. The highest BCUT2D eigenvalue weighted by atomic mass is 35.5. The summed E-state index contributed by atoms with van der Waals surface area (Å²) in [6.45, 7) is 1.73. The fraction of sp³-hybridized carbons (Fsp3) is 0.222. The normalized spacial score (nSPS) is 11.0. The van der Waals surface area contributed by atoms with Crippen molar-refractivity contribution in [2.45, 2.75) is 13.5 Å². The number of furan rings is 1. The Hall–Kier alpha value is -1.06. The second-order valence-corrected chi connectivity index (χ2v) is 3.20. The molecule has 0 radical (unpaired) electrons. The quantitative estimate of drug-likeness (QED) is 0.714. The molecule has 0 atom stereocenters. The summed E-state index contributed by atoms with van der Waals surface area (Å²) in [5.74, 6) is 0.786. The third kappa shape index (κ3) is 1.41. The SMILES string of the molecule is Cc1cc2cc(CO)nc(Cl)c2o1. The lowest BCUT2D eigenvalue weighted by Gasteiger charge is -1.96. The van der Waals surface area contributed by atoms with Crippen molar-refractivity contribution in [1.82, 2.24) is 4.98 Å². The lowest BCUT2D eigenvalue weighted by Crippen LogP contribution is -1.88. The topological polar surface area (TPSA) is 46.3 Å². The minimum atomic E-state index is -0.111. The molecule has 2 rings (SSSR count). The highest BCUT2D eigenvalue weighted by molar-refractivity contribution is 6.33. The highest BCUT2D eigenvalue weighted by Gasteiger charge is 2.07. The molecule has 3 nitrogen and oxygen atoms in total. The summed E-state index contributed by atoms with van der Waals surface area (Å²) in [7, 11) is 0. The van der Waals surface area contributed by atoms with E-state index >= 15 is 0 Å². The first-order valence-electron chi connectivity index (χ1n) is 3.87. The van der Waals surface area contributed by atoms with E-state index < -0.39 is 0 Å². The van der Waals surface area contributed by atoms with Gasteiger partial charge in [0.2, 0.25) is 0 Å². The van der Waals surface area contributed by atoms with Crippen LogP contribution in [0.25, 0.3) is 11.0 Å². The number of hydrogen-bond donors (Lipinski definition) is 1. The second kappa shape index (κ2) is 3.01.